The molecule has 3 N–H and O–H groups in total. The average molecular weight is 426 g/mol. The number of piperidine rings is 1. The lowest BCUT2D eigenvalue weighted by Crippen LogP contribution is -2.35. The molecule has 0 bridgehead atoms. The van der Waals surface area contributed by atoms with Crippen LogP contribution in [0.5, 0.6) is 0 Å². The van der Waals surface area contributed by atoms with Gasteiger partial charge in [0.2, 0.25) is 11.8 Å². The number of para-hydroxylation sites is 1. The number of carbonyl (C=O) groups excluding carboxylic acids is 2. The first-order chi connectivity index (χ1) is 14.6. The molecule has 1 saturated heterocycles. The molecule has 158 valence electrons. The SMILES string of the molecule is O=C(CC1Sc2ccccc2NC1=O)NCc1ccc(CN2CCC(O)CC2)cc1. The smallest absolute Gasteiger partial charge is 0.238 e. The Morgan fingerprint density at radius 1 is 1.10 bits per heavy atom. The van der Waals surface area contributed by atoms with Crippen molar-refractivity contribution in [3.8, 4) is 0 Å². The van der Waals surface area contributed by atoms with Crippen LogP contribution in [0.1, 0.15) is 30.4 Å². The fraction of sp³-hybridized carbons (Fsp3) is 0.391. The Morgan fingerprint density at radius 3 is 2.57 bits per heavy atom. The molecule has 0 aliphatic carbocycles. The zero-order valence-electron chi connectivity index (χ0n) is 16.8. The monoisotopic (exact) mass is 425 g/mol. The molecule has 2 heterocycles. The number of hydrogen-bond acceptors (Lipinski definition) is 5. The lowest BCUT2D eigenvalue weighted by atomic mass is 10.1. The second-order valence-corrected chi connectivity index (χ2v) is 9.14. The molecule has 2 aromatic rings. The Balaban J connectivity index is 1.23. The highest BCUT2D eigenvalue weighted by Crippen LogP contribution is 2.36. The summed E-state index contributed by atoms with van der Waals surface area (Å²) >= 11 is 1.44. The Kier molecular flexibility index (Phi) is 6.72. The standard InChI is InChI=1S/C23H27N3O3S/c27-18-9-11-26(12-10-18)15-17-7-5-16(6-8-17)14-24-22(28)13-21-23(29)25-19-3-1-2-4-20(19)30-21/h1-8,18,21,27H,9-15H2,(H,24,28)(H,25,29). The summed E-state index contributed by atoms with van der Waals surface area (Å²) in [5.41, 5.74) is 3.08. The Hall–Kier alpha value is -2.35. The fourth-order valence-electron chi connectivity index (χ4n) is 3.77. The number of aliphatic hydroxyl groups excluding tert-OH is 1. The molecule has 0 aromatic heterocycles. The summed E-state index contributed by atoms with van der Waals surface area (Å²) in [4.78, 5) is 28.0. The molecule has 1 unspecified atom stereocenters. The van der Waals surface area contributed by atoms with Crippen LogP contribution in [0.4, 0.5) is 5.69 Å². The van der Waals surface area contributed by atoms with Crippen molar-refractivity contribution in [3.05, 3.63) is 59.7 Å². The minimum atomic E-state index is -0.412. The van der Waals surface area contributed by atoms with Crippen LogP contribution in [0.15, 0.2) is 53.4 Å². The van der Waals surface area contributed by atoms with E-state index in [-0.39, 0.29) is 24.3 Å². The summed E-state index contributed by atoms with van der Waals surface area (Å²) in [5.74, 6) is -0.249. The van der Waals surface area contributed by atoms with Crippen molar-refractivity contribution in [2.45, 2.75) is 48.6 Å². The molecule has 1 atom stereocenters. The third kappa shape index (κ3) is 5.41. The normalized spacial score (nSPS) is 19.8. The largest absolute Gasteiger partial charge is 0.393 e. The predicted octanol–water partition coefficient (Wildman–Crippen LogP) is 2.76. The number of nitrogens with one attached hydrogen (secondary N) is 2. The van der Waals surface area contributed by atoms with Gasteiger partial charge in [0, 0.05) is 37.5 Å². The molecule has 4 rings (SSSR count). The van der Waals surface area contributed by atoms with Crippen molar-refractivity contribution < 1.29 is 14.7 Å². The lowest BCUT2D eigenvalue weighted by molar-refractivity contribution is -0.124. The van der Waals surface area contributed by atoms with E-state index in [4.69, 9.17) is 0 Å². The second-order valence-electron chi connectivity index (χ2n) is 7.90. The van der Waals surface area contributed by atoms with Crippen LogP contribution in [0.3, 0.4) is 0 Å². The first-order valence-electron chi connectivity index (χ1n) is 10.4. The summed E-state index contributed by atoms with van der Waals surface area (Å²) < 4.78 is 0. The number of carbonyl (C=O) groups is 2. The highest BCUT2D eigenvalue weighted by Gasteiger charge is 2.28. The van der Waals surface area contributed by atoms with Gasteiger partial charge >= 0.3 is 0 Å². The lowest BCUT2D eigenvalue weighted by Gasteiger charge is -2.29. The maximum absolute atomic E-state index is 12.4. The molecule has 6 nitrogen and oxygen atoms in total. The van der Waals surface area contributed by atoms with Gasteiger partial charge in [-0.2, -0.15) is 0 Å². The number of likely N-dealkylation sites (tertiary alicyclic amines) is 1. The number of hydrogen-bond donors (Lipinski definition) is 3. The Bertz CT molecular complexity index is 895. The van der Waals surface area contributed by atoms with E-state index in [1.807, 2.05) is 36.4 Å². The number of thioether (sulfide) groups is 1. The molecule has 0 radical (unpaired) electrons. The van der Waals surface area contributed by atoms with Gasteiger partial charge < -0.3 is 15.7 Å². The second kappa shape index (κ2) is 9.64. The quantitative estimate of drug-likeness (QED) is 0.663. The van der Waals surface area contributed by atoms with Crippen LogP contribution >= 0.6 is 11.8 Å². The van der Waals surface area contributed by atoms with Crippen molar-refractivity contribution in [1.29, 1.82) is 0 Å². The van der Waals surface area contributed by atoms with Crippen molar-refractivity contribution in [2.24, 2.45) is 0 Å². The zero-order chi connectivity index (χ0) is 20.9. The highest BCUT2D eigenvalue weighted by molar-refractivity contribution is 8.01. The minimum absolute atomic E-state index is 0.122. The van der Waals surface area contributed by atoms with Gasteiger partial charge in [0.15, 0.2) is 0 Å². The van der Waals surface area contributed by atoms with Gasteiger partial charge in [-0.1, -0.05) is 36.4 Å². The van der Waals surface area contributed by atoms with Crippen LogP contribution in [0, 0.1) is 0 Å². The number of rotatable bonds is 6. The van der Waals surface area contributed by atoms with E-state index in [1.54, 1.807) is 0 Å². The van der Waals surface area contributed by atoms with Crippen LogP contribution in [0.25, 0.3) is 0 Å². The van der Waals surface area contributed by atoms with Crippen molar-refractivity contribution in [1.82, 2.24) is 10.2 Å². The number of aliphatic hydroxyl groups is 1. The van der Waals surface area contributed by atoms with E-state index in [9.17, 15) is 14.7 Å². The van der Waals surface area contributed by atoms with Crippen LogP contribution < -0.4 is 10.6 Å². The van der Waals surface area contributed by atoms with Gasteiger partial charge in [-0.3, -0.25) is 14.5 Å². The van der Waals surface area contributed by atoms with Gasteiger partial charge in [0.1, 0.15) is 0 Å². The van der Waals surface area contributed by atoms with Gasteiger partial charge in [0.05, 0.1) is 17.0 Å². The van der Waals surface area contributed by atoms with Crippen LogP contribution in [-0.4, -0.2) is 46.3 Å². The molecule has 30 heavy (non-hydrogen) atoms. The molecule has 2 aromatic carbocycles. The minimum Gasteiger partial charge on any atom is -0.393 e. The van der Waals surface area contributed by atoms with Gasteiger partial charge in [0.25, 0.3) is 0 Å². The van der Waals surface area contributed by atoms with Crippen molar-refractivity contribution in [3.63, 3.8) is 0 Å². The van der Waals surface area contributed by atoms with E-state index in [0.717, 1.165) is 48.6 Å². The zero-order valence-corrected chi connectivity index (χ0v) is 17.7. The maximum atomic E-state index is 12.4. The van der Waals surface area contributed by atoms with E-state index in [2.05, 4.69) is 27.7 Å². The summed E-state index contributed by atoms with van der Waals surface area (Å²) in [6, 6.07) is 15.9. The third-order valence-electron chi connectivity index (χ3n) is 5.55. The molecular formula is C23H27N3O3S. The highest BCUT2D eigenvalue weighted by atomic mass is 32.2. The summed E-state index contributed by atoms with van der Waals surface area (Å²) in [5, 5.41) is 15.0. The molecule has 7 heteroatoms. The predicted molar refractivity (Wildman–Crippen MR) is 118 cm³/mol. The topological polar surface area (TPSA) is 81.7 Å². The molecule has 0 saturated carbocycles. The van der Waals surface area contributed by atoms with Gasteiger partial charge in [-0.25, -0.2) is 0 Å². The molecule has 2 aliphatic heterocycles. The van der Waals surface area contributed by atoms with E-state index in [1.165, 1.54) is 17.3 Å². The molecule has 2 amide bonds. The molecule has 0 spiro atoms. The summed E-state index contributed by atoms with van der Waals surface area (Å²) in [6.45, 7) is 3.19. The first kappa shape index (κ1) is 20.9. The Morgan fingerprint density at radius 2 is 1.80 bits per heavy atom. The van der Waals surface area contributed by atoms with Gasteiger partial charge in [-0.15, -0.1) is 11.8 Å². The van der Waals surface area contributed by atoms with E-state index < -0.39 is 5.25 Å². The Labute approximate surface area is 181 Å². The molecular weight excluding hydrogens is 398 g/mol. The van der Waals surface area contributed by atoms with E-state index in [0.29, 0.717) is 6.54 Å². The molecule has 1 fully saturated rings. The fourth-order valence-corrected chi connectivity index (χ4v) is 4.88. The van der Waals surface area contributed by atoms with Crippen molar-refractivity contribution in [2.75, 3.05) is 18.4 Å². The summed E-state index contributed by atoms with van der Waals surface area (Å²) in [6.07, 6.45) is 1.68. The van der Waals surface area contributed by atoms with E-state index >= 15 is 0 Å². The average Bonchev–Trinajstić information content (AvgIpc) is 2.75. The first-order valence-corrected chi connectivity index (χ1v) is 11.3. The number of amides is 2. The maximum Gasteiger partial charge on any atom is 0.238 e. The van der Waals surface area contributed by atoms with Crippen LogP contribution in [0.2, 0.25) is 0 Å². The third-order valence-corrected chi connectivity index (χ3v) is 6.83. The molecule has 2 aliphatic rings. The van der Waals surface area contributed by atoms with Gasteiger partial charge in [-0.05, 0) is 36.1 Å². The van der Waals surface area contributed by atoms with Crippen LogP contribution in [-0.2, 0) is 22.7 Å². The number of benzene rings is 2. The number of fused-ring (bicyclic) bond motifs is 1. The number of nitrogens with zero attached hydrogens (tertiary/aromatic N) is 1. The van der Waals surface area contributed by atoms with Crippen molar-refractivity contribution >= 4 is 29.3 Å². The number of anilines is 1. The summed E-state index contributed by atoms with van der Waals surface area (Å²) in [7, 11) is 0.